The highest BCUT2D eigenvalue weighted by Gasteiger charge is 2.46. The molecule has 1 heterocycles. The quantitative estimate of drug-likeness (QED) is 0.167. The molecule has 0 radical (unpaired) electrons. The van der Waals surface area contributed by atoms with Crippen molar-refractivity contribution in [2.45, 2.75) is 83.7 Å². The van der Waals surface area contributed by atoms with Crippen molar-refractivity contribution in [1.29, 1.82) is 0 Å². The van der Waals surface area contributed by atoms with Gasteiger partial charge in [0.05, 0.1) is 65.0 Å². The van der Waals surface area contributed by atoms with Crippen molar-refractivity contribution >= 4 is 23.8 Å². The summed E-state index contributed by atoms with van der Waals surface area (Å²) in [6.07, 6.45) is 0.629. The number of hydrogen-bond acceptors (Lipinski definition) is 10. The molecular weight excluding hydrogens is 624 g/mol. The number of aliphatic hydroxyl groups excluding tert-OH is 1. The molecule has 1 aromatic rings. The Labute approximate surface area is 283 Å². The first-order valence-corrected chi connectivity index (χ1v) is 16.8. The van der Waals surface area contributed by atoms with E-state index in [9.17, 15) is 19.2 Å². The maximum absolute atomic E-state index is 14.2. The molecule has 0 bridgehead atoms. The van der Waals surface area contributed by atoms with Crippen molar-refractivity contribution in [3.63, 3.8) is 0 Å². The summed E-state index contributed by atoms with van der Waals surface area (Å²) in [5, 5.41) is 17.0. The molecular formula is C34H54N4O10. The van der Waals surface area contributed by atoms with Gasteiger partial charge >= 0.3 is 6.09 Å². The Morgan fingerprint density at radius 1 is 0.979 bits per heavy atom. The fraction of sp³-hybridized carbons (Fsp3) is 0.706. The maximum Gasteiger partial charge on any atom is 0.407 e. The van der Waals surface area contributed by atoms with Crippen molar-refractivity contribution in [2.24, 2.45) is 5.41 Å². The molecule has 1 aliphatic carbocycles. The minimum Gasteiger partial charge on any atom is -0.436 e. The summed E-state index contributed by atoms with van der Waals surface area (Å²) in [4.78, 5) is 54.4. The molecule has 5 atom stereocenters. The predicted octanol–water partition coefficient (Wildman–Crippen LogP) is 1.48. The van der Waals surface area contributed by atoms with Crippen LogP contribution in [0.25, 0.3) is 0 Å². The van der Waals surface area contributed by atoms with E-state index in [1.54, 1.807) is 0 Å². The summed E-state index contributed by atoms with van der Waals surface area (Å²) in [7, 11) is 1.39. The monoisotopic (exact) mass is 678 g/mol. The maximum atomic E-state index is 14.2. The molecule has 1 saturated heterocycles. The van der Waals surface area contributed by atoms with Gasteiger partial charge in [-0.1, -0.05) is 45.0 Å². The van der Waals surface area contributed by atoms with Gasteiger partial charge in [0.2, 0.25) is 11.8 Å². The van der Waals surface area contributed by atoms with Crippen LogP contribution < -0.4 is 16.0 Å². The number of fused-ring (bicyclic) bond motifs is 1. The lowest BCUT2D eigenvalue weighted by Crippen LogP contribution is -2.59. The number of hydrogen-bond donors (Lipinski definition) is 4. The molecule has 0 saturated carbocycles. The smallest absolute Gasteiger partial charge is 0.407 e. The molecule has 0 aromatic heterocycles. The lowest BCUT2D eigenvalue weighted by molar-refractivity contribution is -0.145. The molecule has 14 heteroatoms. The number of carbonyl (C=O) groups is 4. The molecule has 1 fully saturated rings. The van der Waals surface area contributed by atoms with Gasteiger partial charge in [0.25, 0.3) is 5.91 Å². The number of alkyl carbamates (subject to hydrolysis) is 1. The largest absolute Gasteiger partial charge is 0.436 e. The third kappa shape index (κ3) is 12.0. The van der Waals surface area contributed by atoms with Crippen LogP contribution in [-0.4, -0.2) is 125 Å². The van der Waals surface area contributed by atoms with E-state index >= 15 is 0 Å². The normalized spacial score (nSPS) is 20.4. The Hall–Kier alpha value is -3.30. The van der Waals surface area contributed by atoms with Gasteiger partial charge in [0.15, 0.2) is 6.10 Å². The highest BCUT2D eigenvalue weighted by atomic mass is 16.6. The first-order chi connectivity index (χ1) is 23.0. The summed E-state index contributed by atoms with van der Waals surface area (Å²) in [6, 6.07) is 6.07. The van der Waals surface area contributed by atoms with Crippen molar-refractivity contribution in [3.05, 3.63) is 35.4 Å². The van der Waals surface area contributed by atoms with Crippen LogP contribution in [0, 0.1) is 5.41 Å². The summed E-state index contributed by atoms with van der Waals surface area (Å²) < 4.78 is 27.3. The zero-order valence-corrected chi connectivity index (χ0v) is 29.0. The summed E-state index contributed by atoms with van der Waals surface area (Å²) in [5.74, 6) is -1.32. The van der Waals surface area contributed by atoms with E-state index in [-0.39, 0.29) is 44.7 Å². The molecule has 4 N–H and O–H groups in total. The number of aryl methyl sites for hydroxylation is 1. The van der Waals surface area contributed by atoms with E-state index in [1.807, 2.05) is 39.0 Å². The third-order valence-electron chi connectivity index (χ3n) is 8.35. The predicted molar refractivity (Wildman–Crippen MR) is 176 cm³/mol. The fourth-order valence-electron chi connectivity index (χ4n) is 5.81. The number of carbonyl (C=O) groups excluding carboxylic acids is 4. The Kier molecular flexibility index (Phi) is 16.0. The van der Waals surface area contributed by atoms with Crippen LogP contribution in [0.3, 0.4) is 0 Å². The first-order valence-electron chi connectivity index (χ1n) is 16.8. The zero-order chi connectivity index (χ0) is 35.1. The van der Waals surface area contributed by atoms with Crippen LogP contribution >= 0.6 is 0 Å². The molecule has 1 aliphatic heterocycles. The second-order valence-corrected chi connectivity index (χ2v) is 13.1. The van der Waals surface area contributed by atoms with E-state index in [0.29, 0.717) is 33.0 Å². The lowest BCUT2D eigenvalue weighted by atomic mass is 9.85. The third-order valence-corrected chi connectivity index (χ3v) is 8.35. The number of rotatable bonds is 18. The molecule has 270 valence electrons. The van der Waals surface area contributed by atoms with Crippen LogP contribution in [0.1, 0.15) is 64.1 Å². The summed E-state index contributed by atoms with van der Waals surface area (Å²) >= 11 is 0. The van der Waals surface area contributed by atoms with Gasteiger partial charge in [0, 0.05) is 20.0 Å². The Balaban J connectivity index is 1.67. The number of aliphatic hydroxyl groups is 1. The highest BCUT2D eigenvalue weighted by molar-refractivity contribution is 5.94. The van der Waals surface area contributed by atoms with E-state index < -0.39 is 47.6 Å². The highest BCUT2D eigenvalue weighted by Crippen LogP contribution is 2.31. The minimum absolute atomic E-state index is 0.0284. The molecule has 0 spiro atoms. The van der Waals surface area contributed by atoms with Gasteiger partial charge in [-0.2, -0.15) is 0 Å². The number of amides is 4. The first kappa shape index (κ1) is 39.1. The molecule has 4 amide bonds. The molecule has 1 aromatic carbocycles. The Morgan fingerprint density at radius 3 is 2.27 bits per heavy atom. The summed E-state index contributed by atoms with van der Waals surface area (Å²) in [5.41, 5.74) is 1.56. The molecule has 48 heavy (non-hydrogen) atoms. The van der Waals surface area contributed by atoms with Crippen molar-refractivity contribution in [3.8, 4) is 0 Å². The van der Waals surface area contributed by atoms with Gasteiger partial charge in [0.1, 0.15) is 12.1 Å². The van der Waals surface area contributed by atoms with E-state index in [2.05, 4.69) is 22.0 Å². The SMILES string of the molecule is CNC(=O)OC(C)C(=O)NC(C(=O)N1C[C@@H](OCCOCCOCCOCCO)C[C@H]1C(=O)N[C@@H]1CCCc2ccccc21)C(C)(C)C. The van der Waals surface area contributed by atoms with Crippen LogP contribution in [0.5, 0.6) is 0 Å². The van der Waals surface area contributed by atoms with Gasteiger partial charge in [-0.05, 0) is 42.7 Å². The number of nitrogens with zero attached hydrogens (tertiary/aromatic N) is 1. The van der Waals surface area contributed by atoms with Gasteiger partial charge in [-0.3, -0.25) is 14.4 Å². The number of benzene rings is 1. The van der Waals surface area contributed by atoms with E-state index in [0.717, 1.165) is 24.8 Å². The number of likely N-dealkylation sites (tertiary alicyclic amines) is 1. The van der Waals surface area contributed by atoms with Gasteiger partial charge in [-0.15, -0.1) is 0 Å². The summed E-state index contributed by atoms with van der Waals surface area (Å²) in [6.45, 7) is 9.38. The number of nitrogens with one attached hydrogen (secondary N) is 3. The van der Waals surface area contributed by atoms with Crippen LogP contribution in [-0.2, 0) is 44.5 Å². The molecule has 2 unspecified atom stereocenters. The van der Waals surface area contributed by atoms with Gasteiger partial charge < -0.3 is 49.6 Å². The second-order valence-electron chi connectivity index (χ2n) is 13.1. The second kappa shape index (κ2) is 19.6. The Morgan fingerprint density at radius 2 is 1.62 bits per heavy atom. The van der Waals surface area contributed by atoms with Crippen molar-refractivity contribution in [1.82, 2.24) is 20.9 Å². The minimum atomic E-state index is -1.15. The standard InChI is InChI=1S/C34H54N4O10/c1-23(48-33(43)35-5)30(40)37-29(34(2,3)4)32(42)38-22-25(47-20-19-46-18-17-45-16-15-44-14-13-39)21-28(38)31(41)36-27-12-8-10-24-9-6-7-11-26(24)27/h6-7,9,11,23,25,27-29,39H,8,10,12-22H2,1-5H3,(H,35,43)(H,36,41)(H,37,40)/t23?,25-,27+,28-,29?/m0/s1. The average molecular weight is 679 g/mol. The van der Waals surface area contributed by atoms with Gasteiger partial charge in [-0.25, -0.2) is 4.79 Å². The van der Waals surface area contributed by atoms with Crippen molar-refractivity contribution in [2.75, 3.05) is 66.4 Å². The topological polar surface area (TPSA) is 174 Å². The lowest BCUT2D eigenvalue weighted by Gasteiger charge is -2.36. The average Bonchev–Trinajstić information content (AvgIpc) is 3.49. The fourth-order valence-corrected chi connectivity index (χ4v) is 5.81. The van der Waals surface area contributed by atoms with Crippen LogP contribution in [0.15, 0.2) is 24.3 Å². The van der Waals surface area contributed by atoms with Crippen molar-refractivity contribution < 1.29 is 48.0 Å². The van der Waals surface area contributed by atoms with Crippen LogP contribution in [0.4, 0.5) is 4.79 Å². The number of ether oxygens (including phenoxy) is 5. The molecule has 2 aliphatic rings. The molecule has 3 rings (SSSR count). The molecule has 14 nitrogen and oxygen atoms in total. The Bertz CT molecular complexity index is 1190. The van der Waals surface area contributed by atoms with E-state index in [1.165, 1.54) is 24.4 Å². The van der Waals surface area contributed by atoms with E-state index in [4.69, 9.17) is 28.8 Å². The van der Waals surface area contributed by atoms with Crippen LogP contribution in [0.2, 0.25) is 0 Å². The zero-order valence-electron chi connectivity index (χ0n) is 29.0.